The average Bonchev–Trinajstić information content (AvgIpc) is 2.84. The van der Waals surface area contributed by atoms with E-state index >= 15 is 0 Å². The highest BCUT2D eigenvalue weighted by Crippen LogP contribution is 2.13. The fourth-order valence-corrected chi connectivity index (χ4v) is 3.92. The Labute approximate surface area is 203 Å². The third-order valence-electron chi connectivity index (χ3n) is 6.03. The van der Waals surface area contributed by atoms with Crippen LogP contribution in [0.1, 0.15) is 38.3 Å². The van der Waals surface area contributed by atoms with Crippen molar-refractivity contribution in [2.24, 2.45) is 0 Å². The number of aromatic nitrogens is 3. The van der Waals surface area contributed by atoms with Crippen molar-refractivity contribution in [2.45, 2.75) is 33.9 Å². The van der Waals surface area contributed by atoms with Gasteiger partial charge in [0.15, 0.2) is 0 Å². The number of amides is 1. The molecule has 4 rings (SSSR count). The molecule has 0 aliphatic rings. The highest BCUT2D eigenvalue weighted by atomic mass is 16.2. The number of aryl methyl sites for hydroxylation is 3. The molecule has 0 aliphatic carbocycles. The van der Waals surface area contributed by atoms with E-state index in [4.69, 9.17) is 0 Å². The lowest BCUT2D eigenvalue weighted by molar-refractivity contribution is 0.0773. The van der Waals surface area contributed by atoms with Crippen LogP contribution in [0.25, 0.3) is 5.69 Å². The maximum atomic E-state index is 13.4. The van der Waals surface area contributed by atoms with Gasteiger partial charge < -0.3 is 4.90 Å². The molecule has 0 saturated carbocycles. The van der Waals surface area contributed by atoms with Crippen LogP contribution in [0.4, 0.5) is 0 Å². The molecule has 0 aliphatic heterocycles. The van der Waals surface area contributed by atoms with Gasteiger partial charge in [-0.15, -0.1) is 0 Å². The van der Waals surface area contributed by atoms with Crippen LogP contribution in [0.3, 0.4) is 0 Å². The molecular formula is C28H28N4O3. The van der Waals surface area contributed by atoms with Gasteiger partial charge in [0.1, 0.15) is 0 Å². The van der Waals surface area contributed by atoms with E-state index in [1.807, 2.05) is 87.5 Å². The normalized spacial score (nSPS) is 10.9. The molecule has 1 amide bonds. The second kappa shape index (κ2) is 9.93. The van der Waals surface area contributed by atoms with Gasteiger partial charge in [-0.1, -0.05) is 66.2 Å². The number of carbonyl (C=O) groups excluding carboxylic acids is 1. The molecule has 0 unspecified atom stereocenters. The summed E-state index contributed by atoms with van der Waals surface area (Å²) < 4.78 is 2.23. The van der Waals surface area contributed by atoms with Gasteiger partial charge >= 0.3 is 5.69 Å². The highest BCUT2D eigenvalue weighted by molar-refractivity contribution is 5.91. The predicted octanol–water partition coefficient (Wildman–Crippen LogP) is 3.64. The Hall–Kier alpha value is -4.26. The van der Waals surface area contributed by atoms with Crippen LogP contribution in [0.2, 0.25) is 0 Å². The van der Waals surface area contributed by atoms with Crippen molar-refractivity contribution < 1.29 is 4.79 Å². The van der Waals surface area contributed by atoms with Crippen molar-refractivity contribution >= 4 is 5.91 Å². The Morgan fingerprint density at radius 2 is 1.57 bits per heavy atom. The summed E-state index contributed by atoms with van der Waals surface area (Å²) >= 11 is 0. The predicted molar refractivity (Wildman–Crippen MR) is 136 cm³/mol. The third-order valence-corrected chi connectivity index (χ3v) is 6.03. The molecule has 1 aromatic heterocycles. The van der Waals surface area contributed by atoms with Gasteiger partial charge in [0, 0.05) is 13.6 Å². The van der Waals surface area contributed by atoms with Crippen LogP contribution >= 0.6 is 0 Å². The van der Waals surface area contributed by atoms with E-state index in [9.17, 15) is 14.4 Å². The third kappa shape index (κ3) is 5.14. The second-order valence-corrected chi connectivity index (χ2v) is 8.84. The number of benzene rings is 3. The SMILES string of the molecule is Cc1cccc(Cn2c(=O)c(C(=O)N(C)Cc3ccccc3)nn(-c3ccc(C)c(C)c3)c2=O)c1. The van der Waals surface area contributed by atoms with Crippen LogP contribution in [-0.4, -0.2) is 32.2 Å². The van der Waals surface area contributed by atoms with E-state index in [1.54, 1.807) is 13.1 Å². The summed E-state index contributed by atoms with van der Waals surface area (Å²) in [7, 11) is 1.62. The minimum atomic E-state index is -0.707. The Morgan fingerprint density at radius 1 is 0.857 bits per heavy atom. The molecule has 4 aromatic rings. The molecule has 0 radical (unpaired) electrons. The van der Waals surface area contributed by atoms with Gasteiger partial charge in [-0.2, -0.15) is 9.78 Å². The largest absolute Gasteiger partial charge is 0.352 e. The van der Waals surface area contributed by atoms with Crippen LogP contribution in [0, 0.1) is 20.8 Å². The molecule has 0 fully saturated rings. The molecule has 1 heterocycles. The van der Waals surface area contributed by atoms with Crippen LogP contribution in [0.5, 0.6) is 0 Å². The van der Waals surface area contributed by atoms with Crippen molar-refractivity contribution in [3.05, 3.63) is 127 Å². The molecular weight excluding hydrogens is 440 g/mol. The fourth-order valence-electron chi connectivity index (χ4n) is 3.92. The number of rotatable bonds is 6. The maximum absolute atomic E-state index is 13.4. The highest BCUT2D eigenvalue weighted by Gasteiger charge is 2.23. The first kappa shape index (κ1) is 23.9. The lowest BCUT2D eigenvalue weighted by atomic mass is 10.1. The monoisotopic (exact) mass is 468 g/mol. The Kier molecular flexibility index (Phi) is 6.78. The van der Waals surface area contributed by atoms with E-state index in [-0.39, 0.29) is 12.2 Å². The number of hydrogen-bond donors (Lipinski definition) is 0. The van der Waals surface area contributed by atoms with Crippen molar-refractivity contribution in [1.82, 2.24) is 19.2 Å². The van der Waals surface area contributed by atoms with Gasteiger partial charge in [-0.25, -0.2) is 4.79 Å². The molecule has 0 spiro atoms. The molecule has 3 aromatic carbocycles. The number of hydrogen-bond acceptors (Lipinski definition) is 4. The Balaban J connectivity index is 1.84. The minimum absolute atomic E-state index is 0.0371. The van der Waals surface area contributed by atoms with Crippen LogP contribution in [-0.2, 0) is 13.1 Å². The van der Waals surface area contributed by atoms with Crippen molar-refractivity contribution in [3.63, 3.8) is 0 Å². The first-order valence-corrected chi connectivity index (χ1v) is 11.4. The zero-order chi connectivity index (χ0) is 25.1. The summed E-state index contributed by atoms with van der Waals surface area (Å²) in [6, 6.07) is 22.5. The summed E-state index contributed by atoms with van der Waals surface area (Å²) in [6.45, 7) is 6.20. The molecule has 0 N–H and O–H groups in total. The average molecular weight is 469 g/mol. The minimum Gasteiger partial charge on any atom is -0.336 e. The van der Waals surface area contributed by atoms with Gasteiger partial charge in [-0.3, -0.25) is 14.2 Å². The lowest BCUT2D eigenvalue weighted by Crippen LogP contribution is -2.46. The van der Waals surface area contributed by atoms with Gasteiger partial charge in [0.05, 0.1) is 12.2 Å². The molecule has 0 atom stereocenters. The van der Waals surface area contributed by atoms with E-state index < -0.39 is 17.2 Å². The van der Waals surface area contributed by atoms with Gasteiger partial charge in [0.2, 0.25) is 5.69 Å². The molecule has 35 heavy (non-hydrogen) atoms. The Morgan fingerprint density at radius 3 is 2.26 bits per heavy atom. The van der Waals surface area contributed by atoms with Gasteiger partial charge in [-0.05, 0) is 55.2 Å². The topological polar surface area (TPSA) is 77.2 Å². The second-order valence-electron chi connectivity index (χ2n) is 8.84. The first-order chi connectivity index (χ1) is 16.7. The van der Waals surface area contributed by atoms with E-state index in [0.717, 1.165) is 37.1 Å². The summed E-state index contributed by atoms with van der Waals surface area (Å²) in [4.78, 5) is 41.7. The molecule has 7 nitrogen and oxygen atoms in total. The standard InChI is InChI=1S/C28H28N4O3/c1-19-9-8-12-23(15-19)18-31-27(34)25(26(33)30(4)17-22-10-6-5-7-11-22)29-32(28(31)35)24-14-13-20(2)21(3)16-24/h5-16H,17-18H2,1-4H3. The number of nitrogens with zero attached hydrogens (tertiary/aromatic N) is 4. The van der Waals surface area contributed by atoms with E-state index in [0.29, 0.717) is 12.2 Å². The summed E-state index contributed by atoms with van der Waals surface area (Å²) in [5, 5.41) is 4.27. The molecule has 7 heteroatoms. The summed E-state index contributed by atoms with van der Waals surface area (Å²) in [5.74, 6) is -0.547. The van der Waals surface area contributed by atoms with Crippen molar-refractivity contribution in [1.29, 1.82) is 0 Å². The first-order valence-electron chi connectivity index (χ1n) is 11.4. The van der Waals surface area contributed by atoms with Crippen LogP contribution < -0.4 is 11.2 Å². The lowest BCUT2D eigenvalue weighted by Gasteiger charge is -2.18. The zero-order valence-electron chi connectivity index (χ0n) is 20.4. The van der Waals surface area contributed by atoms with Gasteiger partial charge in [0.25, 0.3) is 11.5 Å². The zero-order valence-corrected chi connectivity index (χ0v) is 20.4. The fraction of sp³-hybridized carbons (Fsp3) is 0.214. The summed E-state index contributed by atoms with van der Waals surface area (Å²) in [6.07, 6.45) is 0. The molecule has 0 saturated heterocycles. The van der Waals surface area contributed by atoms with Crippen molar-refractivity contribution in [2.75, 3.05) is 7.05 Å². The quantitative estimate of drug-likeness (QED) is 0.433. The van der Waals surface area contributed by atoms with Crippen molar-refractivity contribution in [3.8, 4) is 5.69 Å². The number of carbonyl (C=O) groups is 1. The molecule has 0 bridgehead atoms. The maximum Gasteiger partial charge on any atom is 0.352 e. The molecule has 178 valence electrons. The smallest absolute Gasteiger partial charge is 0.336 e. The van der Waals surface area contributed by atoms with Crippen LogP contribution in [0.15, 0.2) is 82.4 Å². The Bertz CT molecular complexity index is 1500. The summed E-state index contributed by atoms with van der Waals surface area (Å²) in [5.41, 5.74) is 3.66. The van der Waals surface area contributed by atoms with E-state index in [1.165, 1.54) is 4.90 Å². The van der Waals surface area contributed by atoms with E-state index in [2.05, 4.69) is 5.10 Å².